The fourth-order valence-electron chi connectivity index (χ4n) is 2.02. The Hall–Kier alpha value is -3.15. The monoisotopic (exact) mass is 311 g/mol. The number of carbonyl (C=O) groups is 3. The van der Waals surface area contributed by atoms with Crippen molar-refractivity contribution in [3.63, 3.8) is 0 Å². The predicted molar refractivity (Wildman–Crippen MR) is 79.0 cm³/mol. The number of rotatable bonds is 4. The molecule has 2 aromatic carbocycles. The third kappa shape index (κ3) is 3.74. The molecule has 0 aliphatic heterocycles. The number of hydrogen-bond donors (Lipinski definition) is 1. The summed E-state index contributed by atoms with van der Waals surface area (Å²) in [6.45, 7) is 3.77. The van der Waals surface area contributed by atoms with E-state index in [2.05, 4.69) is 5.32 Å². The number of aryl methyl sites for hydroxylation is 2. The van der Waals surface area contributed by atoms with Crippen LogP contribution in [0.4, 0.5) is 5.69 Å². The van der Waals surface area contributed by atoms with Gasteiger partial charge in [0.15, 0.2) is 0 Å². The molecule has 0 aromatic heterocycles. The molecule has 0 heterocycles. The fraction of sp³-hybridized carbons (Fsp3) is 0.118. The topological polar surface area (TPSA) is 109 Å². The number of aromatic carboxylic acids is 2. The number of nitrogens with one attached hydrogen (secondary N) is 1. The van der Waals surface area contributed by atoms with E-state index in [1.165, 1.54) is 0 Å². The summed E-state index contributed by atoms with van der Waals surface area (Å²) in [5, 5.41) is 24.3. The maximum Gasteiger partial charge on any atom is 0.255 e. The molecule has 0 bridgehead atoms. The Morgan fingerprint density at radius 2 is 1.35 bits per heavy atom. The molecule has 2 rings (SSSR count). The highest BCUT2D eigenvalue weighted by molar-refractivity contribution is 6.05. The van der Waals surface area contributed by atoms with Crippen molar-refractivity contribution in [3.8, 4) is 0 Å². The van der Waals surface area contributed by atoms with Crippen LogP contribution < -0.4 is 15.5 Å². The molecule has 0 spiro atoms. The van der Waals surface area contributed by atoms with E-state index >= 15 is 0 Å². The third-order valence-electron chi connectivity index (χ3n) is 3.43. The number of carbonyl (C=O) groups excluding carboxylic acids is 3. The smallest absolute Gasteiger partial charge is 0.255 e. The molecular weight excluding hydrogens is 298 g/mol. The minimum atomic E-state index is -1.55. The Kier molecular flexibility index (Phi) is 4.45. The average Bonchev–Trinajstić information content (AvgIpc) is 2.49. The molecule has 0 fully saturated rings. The van der Waals surface area contributed by atoms with Crippen molar-refractivity contribution in [2.45, 2.75) is 13.8 Å². The summed E-state index contributed by atoms with van der Waals surface area (Å²) in [5.74, 6) is -3.57. The third-order valence-corrected chi connectivity index (χ3v) is 3.43. The van der Waals surface area contributed by atoms with Crippen LogP contribution in [0.1, 0.15) is 42.2 Å². The van der Waals surface area contributed by atoms with Gasteiger partial charge in [-0.1, -0.05) is 6.07 Å². The van der Waals surface area contributed by atoms with Gasteiger partial charge in [-0.25, -0.2) is 0 Å². The maximum atomic E-state index is 12.2. The van der Waals surface area contributed by atoms with Crippen LogP contribution in [0.25, 0.3) is 0 Å². The lowest BCUT2D eigenvalue weighted by molar-refractivity contribution is -0.255. The summed E-state index contributed by atoms with van der Waals surface area (Å²) in [6, 6.07) is 8.26. The van der Waals surface area contributed by atoms with Crippen LogP contribution in [0.3, 0.4) is 0 Å². The molecule has 0 saturated heterocycles. The Bertz CT molecular complexity index is 778. The first kappa shape index (κ1) is 16.2. The van der Waals surface area contributed by atoms with Crippen LogP contribution in [0, 0.1) is 13.8 Å². The fourth-order valence-corrected chi connectivity index (χ4v) is 2.02. The van der Waals surface area contributed by atoms with Gasteiger partial charge in [0, 0.05) is 11.3 Å². The highest BCUT2D eigenvalue weighted by Crippen LogP contribution is 2.17. The second-order valence-corrected chi connectivity index (χ2v) is 5.13. The Balaban J connectivity index is 2.34. The first-order valence-corrected chi connectivity index (χ1v) is 6.74. The first-order chi connectivity index (χ1) is 10.8. The number of hydrogen-bond acceptors (Lipinski definition) is 5. The zero-order valence-electron chi connectivity index (χ0n) is 12.5. The normalized spacial score (nSPS) is 10.2. The van der Waals surface area contributed by atoms with Gasteiger partial charge >= 0.3 is 0 Å². The maximum absolute atomic E-state index is 12.2. The van der Waals surface area contributed by atoms with E-state index in [1.807, 2.05) is 13.8 Å². The van der Waals surface area contributed by atoms with Gasteiger partial charge in [0.05, 0.1) is 11.9 Å². The highest BCUT2D eigenvalue weighted by Gasteiger charge is 2.09. The van der Waals surface area contributed by atoms with Gasteiger partial charge < -0.3 is 25.1 Å². The molecule has 0 aliphatic carbocycles. The molecule has 23 heavy (non-hydrogen) atoms. The second kappa shape index (κ2) is 6.31. The van der Waals surface area contributed by atoms with E-state index in [9.17, 15) is 24.6 Å². The molecular formula is C17H13NO5-2. The van der Waals surface area contributed by atoms with Gasteiger partial charge in [0.2, 0.25) is 0 Å². The van der Waals surface area contributed by atoms with Crippen LogP contribution >= 0.6 is 0 Å². The van der Waals surface area contributed by atoms with E-state index in [0.717, 1.165) is 29.3 Å². The van der Waals surface area contributed by atoms with E-state index in [0.29, 0.717) is 5.56 Å². The first-order valence-electron chi connectivity index (χ1n) is 6.74. The molecule has 0 radical (unpaired) electrons. The molecule has 1 amide bonds. The zero-order valence-corrected chi connectivity index (χ0v) is 12.5. The highest BCUT2D eigenvalue weighted by atomic mass is 16.4. The van der Waals surface area contributed by atoms with Crippen LogP contribution in [-0.4, -0.2) is 17.8 Å². The molecule has 6 nitrogen and oxygen atoms in total. The average molecular weight is 311 g/mol. The van der Waals surface area contributed by atoms with Gasteiger partial charge in [-0.05, 0) is 66.4 Å². The summed E-state index contributed by atoms with van der Waals surface area (Å²) in [6.07, 6.45) is 0. The van der Waals surface area contributed by atoms with Gasteiger partial charge in [-0.2, -0.15) is 0 Å². The van der Waals surface area contributed by atoms with Crippen LogP contribution in [0.5, 0.6) is 0 Å². The molecule has 0 saturated carbocycles. The summed E-state index contributed by atoms with van der Waals surface area (Å²) in [4.78, 5) is 34.1. The van der Waals surface area contributed by atoms with E-state index in [1.54, 1.807) is 18.2 Å². The van der Waals surface area contributed by atoms with Crippen molar-refractivity contribution in [1.82, 2.24) is 0 Å². The van der Waals surface area contributed by atoms with E-state index in [-0.39, 0.29) is 16.8 Å². The van der Waals surface area contributed by atoms with E-state index < -0.39 is 17.8 Å². The second-order valence-electron chi connectivity index (χ2n) is 5.13. The molecule has 1 N–H and O–H groups in total. The van der Waals surface area contributed by atoms with Crippen molar-refractivity contribution in [3.05, 3.63) is 64.2 Å². The number of benzene rings is 2. The molecule has 0 unspecified atom stereocenters. The van der Waals surface area contributed by atoms with Gasteiger partial charge in [0.1, 0.15) is 0 Å². The number of carboxylic acids is 2. The Morgan fingerprint density at radius 1 is 0.783 bits per heavy atom. The molecule has 2 aromatic rings. The summed E-state index contributed by atoms with van der Waals surface area (Å²) < 4.78 is 0. The van der Waals surface area contributed by atoms with E-state index in [4.69, 9.17) is 0 Å². The quantitative estimate of drug-likeness (QED) is 0.872. The molecule has 0 aliphatic rings. The van der Waals surface area contributed by atoms with Crippen molar-refractivity contribution in [2.75, 3.05) is 5.32 Å². The van der Waals surface area contributed by atoms with Crippen molar-refractivity contribution in [2.24, 2.45) is 0 Å². The van der Waals surface area contributed by atoms with Gasteiger partial charge in [-0.3, -0.25) is 4.79 Å². The number of anilines is 1. The Labute approximate surface area is 132 Å². The van der Waals surface area contributed by atoms with Crippen molar-refractivity contribution < 1.29 is 24.6 Å². The van der Waals surface area contributed by atoms with Crippen LogP contribution in [0.2, 0.25) is 0 Å². The van der Waals surface area contributed by atoms with Gasteiger partial charge in [0.25, 0.3) is 5.91 Å². The van der Waals surface area contributed by atoms with Crippen molar-refractivity contribution in [1.29, 1.82) is 0 Å². The summed E-state index contributed by atoms with van der Waals surface area (Å²) in [7, 11) is 0. The van der Waals surface area contributed by atoms with Crippen molar-refractivity contribution >= 4 is 23.5 Å². The Morgan fingerprint density at radius 3 is 1.83 bits per heavy atom. The minimum Gasteiger partial charge on any atom is -0.545 e. The SMILES string of the molecule is Cc1ccc(C(=O)Nc2cc(C(=O)[O-])cc(C(=O)[O-])c2)cc1C. The van der Waals surface area contributed by atoms with Crippen LogP contribution in [0.15, 0.2) is 36.4 Å². The summed E-state index contributed by atoms with van der Waals surface area (Å²) in [5.41, 5.74) is 1.65. The lowest BCUT2D eigenvalue weighted by atomic mass is 10.1. The lowest BCUT2D eigenvalue weighted by Crippen LogP contribution is -2.26. The van der Waals surface area contributed by atoms with Gasteiger partial charge in [-0.15, -0.1) is 0 Å². The largest absolute Gasteiger partial charge is 0.545 e. The molecule has 0 atom stereocenters. The molecule has 6 heteroatoms. The lowest BCUT2D eigenvalue weighted by Gasteiger charge is -2.12. The summed E-state index contributed by atoms with van der Waals surface area (Å²) >= 11 is 0. The number of carboxylic acid groups (broad SMARTS) is 2. The zero-order chi connectivity index (χ0) is 17.1. The number of amides is 1. The molecule has 118 valence electrons. The standard InChI is InChI=1S/C17H15NO5/c1-9-3-4-11(5-10(9)2)15(19)18-14-7-12(16(20)21)6-13(8-14)17(22)23/h3-8H,1-2H3,(H,18,19)(H,20,21)(H,22,23)/p-2. The predicted octanol–water partition coefficient (Wildman–Crippen LogP) is 0.283. The van der Waals surface area contributed by atoms with Crippen LogP contribution in [-0.2, 0) is 0 Å². The minimum absolute atomic E-state index is 0.0362.